The fourth-order valence-corrected chi connectivity index (χ4v) is 5.20. The molecule has 0 radical (unpaired) electrons. The number of nitrogens with one attached hydrogen (secondary N) is 2. The number of nitrogens with zero attached hydrogens (tertiary/aromatic N) is 3. The van der Waals surface area contributed by atoms with E-state index in [1.165, 1.54) is 0 Å². The van der Waals surface area contributed by atoms with Crippen LogP contribution in [-0.4, -0.2) is 63.4 Å². The van der Waals surface area contributed by atoms with Gasteiger partial charge in [0.2, 0.25) is 0 Å². The highest BCUT2D eigenvalue weighted by molar-refractivity contribution is 7.90. The van der Waals surface area contributed by atoms with Crippen molar-refractivity contribution in [1.82, 2.24) is 15.3 Å². The number of rotatable bonds is 5. The normalized spacial score (nSPS) is 19.7. The van der Waals surface area contributed by atoms with Crippen molar-refractivity contribution in [2.24, 2.45) is 0 Å². The predicted molar refractivity (Wildman–Crippen MR) is 114 cm³/mol. The van der Waals surface area contributed by atoms with Gasteiger partial charge < -0.3 is 20.3 Å². The van der Waals surface area contributed by atoms with Gasteiger partial charge in [0.25, 0.3) is 0 Å². The van der Waals surface area contributed by atoms with Crippen LogP contribution in [0.4, 0.5) is 20.7 Å². The Morgan fingerprint density at radius 3 is 2.74 bits per heavy atom. The molecule has 31 heavy (non-hydrogen) atoms. The van der Waals surface area contributed by atoms with Gasteiger partial charge in [0.1, 0.15) is 12.5 Å². The van der Waals surface area contributed by atoms with Gasteiger partial charge in [-0.2, -0.15) is 0 Å². The van der Waals surface area contributed by atoms with Crippen molar-refractivity contribution in [2.75, 3.05) is 43.2 Å². The van der Waals surface area contributed by atoms with E-state index in [0.717, 1.165) is 0 Å². The molecule has 2 aliphatic heterocycles. The third-order valence-electron chi connectivity index (χ3n) is 5.21. The maximum atomic E-state index is 12.3. The van der Waals surface area contributed by atoms with Crippen LogP contribution in [0.1, 0.15) is 18.2 Å². The Kier molecular flexibility index (Phi) is 6.05. The molecule has 1 aromatic heterocycles. The van der Waals surface area contributed by atoms with Crippen LogP contribution < -0.4 is 15.5 Å². The largest absolute Gasteiger partial charge is 0.377 e. The Labute approximate surface area is 179 Å². The van der Waals surface area contributed by atoms with Gasteiger partial charge in [-0.1, -0.05) is 0 Å². The molecule has 0 bridgehead atoms. The number of hydrogen-bond acceptors (Lipinski definition) is 7. The molecule has 2 N–H and O–H groups in total. The number of amides is 2. The van der Waals surface area contributed by atoms with Crippen LogP contribution in [0.3, 0.4) is 0 Å². The van der Waals surface area contributed by atoms with E-state index < -0.39 is 22.5 Å². The second kappa shape index (κ2) is 8.75. The smallest absolute Gasteiger partial charge is 0.319 e. The molecule has 1 atom stereocenters. The number of sulfone groups is 1. The van der Waals surface area contributed by atoms with E-state index in [1.807, 2.05) is 6.92 Å². The van der Waals surface area contributed by atoms with Gasteiger partial charge in [0.15, 0.2) is 15.7 Å². The van der Waals surface area contributed by atoms with Gasteiger partial charge in [-0.05, 0) is 31.2 Å². The van der Waals surface area contributed by atoms with Crippen LogP contribution in [0, 0.1) is 0 Å². The number of anilines is 2. The van der Waals surface area contributed by atoms with Crippen molar-refractivity contribution < 1.29 is 22.3 Å². The average Bonchev–Trinajstić information content (AvgIpc) is 3.06. The summed E-state index contributed by atoms with van der Waals surface area (Å²) in [5.41, 5.74) is 2.43. The topological polar surface area (TPSA) is 114 Å². The molecule has 4 rings (SSSR count). The Bertz CT molecular complexity index is 1080. The number of halogens is 1. The SMILES string of the molecule is C[C@H]1COCCN1c1nc(-c2ccc(NC(=O)NCCF)cc2)nc2c1CS(=O)(=O)C2. The van der Waals surface area contributed by atoms with Crippen LogP contribution in [-0.2, 0) is 26.1 Å². The summed E-state index contributed by atoms with van der Waals surface area (Å²) < 4.78 is 42.3. The van der Waals surface area contributed by atoms with Gasteiger partial charge in [0, 0.05) is 29.9 Å². The van der Waals surface area contributed by atoms with E-state index in [1.54, 1.807) is 24.3 Å². The zero-order valence-electron chi connectivity index (χ0n) is 17.1. The van der Waals surface area contributed by atoms with E-state index in [4.69, 9.17) is 9.72 Å². The van der Waals surface area contributed by atoms with Crippen LogP contribution in [0.5, 0.6) is 0 Å². The summed E-state index contributed by atoms with van der Waals surface area (Å²) >= 11 is 0. The second-order valence-electron chi connectivity index (χ2n) is 7.59. The molecule has 1 fully saturated rings. The molecule has 1 aromatic carbocycles. The lowest BCUT2D eigenvalue weighted by Gasteiger charge is -2.35. The quantitative estimate of drug-likeness (QED) is 0.717. The van der Waals surface area contributed by atoms with E-state index in [2.05, 4.69) is 20.5 Å². The van der Waals surface area contributed by atoms with Crippen molar-refractivity contribution in [1.29, 1.82) is 0 Å². The molecule has 0 unspecified atom stereocenters. The first kappa shape index (κ1) is 21.4. The molecule has 166 valence electrons. The third kappa shape index (κ3) is 4.77. The van der Waals surface area contributed by atoms with Crippen LogP contribution in [0.25, 0.3) is 11.4 Å². The molecular weight excluding hydrogens is 425 g/mol. The fraction of sp³-hybridized carbons (Fsp3) is 0.450. The predicted octanol–water partition coefficient (Wildman–Crippen LogP) is 1.89. The number of aromatic nitrogens is 2. The van der Waals surface area contributed by atoms with Gasteiger partial charge in [0.05, 0.1) is 36.5 Å². The van der Waals surface area contributed by atoms with Crippen LogP contribution in [0.15, 0.2) is 24.3 Å². The lowest BCUT2D eigenvalue weighted by atomic mass is 10.1. The van der Waals surface area contributed by atoms with Crippen molar-refractivity contribution >= 4 is 27.4 Å². The molecule has 11 heteroatoms. The van der Waals surface area contributed by atoms with Crippen LogP contribution >= 0.6 is 0 Å². The van der Waals surface area contributed by atoms with Crippen molar-refractivity contribution in [3.63, 3.8) is 0 Å². The number of carbonyl (C=O) groups excluding carboxylic acids is 1. The molecular formula is C20H24FN5O4S. The second-order valence-corrected chi connectivity index (χ2v) is 9.66. The number of carbonyl (C=O) groups is 1. The Morgan fingerprint density at radius 2 is 2.03 bits per heavy atom. The molecule has 1 saturated heterocycles. The fourth-order valence-electron chi connectivity index (χ4n) is 3.71. The highest BCUT2D eigenvalue weighted by atomic mass is 32.2. The monoisotopic (exact) mass is 449 g/mol. The Balaban J connectivity index is 1.65. The number of fused-ring (bicyclic) bond motifs is 1. The van der Waals surface area contributed by atoms with Gasteiger partial charge in [-0.3, -0.25) is 0 Å². The van der Waals surface area contributed by atoms with E-state index in [0.29, 0.717) is 53.9 Å². The summed E-state index contributed by atoms with van der Waals surface area (Å²) in [5.74, 6) is 0.916. The first-order valence-electron chi connectivity index (χ1n) is 10.0. The maximum absolute atomic E-state index is 12.3. The summed E-state index contributed by atoms with van der Waals surface area (Å²) in [6, 6.07) is 6.46. The summed E-state index contributed by atoms with van der Waals surface area (Å²) in [7, 11) is -3.25. The van der Waals surface area contributed by atoms with E-state index in [-0.39, 0.29) is 24.1 Å². The molecule has 2 aromatic rings. The lowest BCUT2D eigenvalue weighted by Crippen LogP contribution is -2.44. The average molecular weight is 450 g/mol. The molecule has 9 nitrogen and oxygen atoms in total. The summed E-state index contributed by atoms with van der Waals surface area (Å²) in [4.78, 5) is 23.0. The molecule has 2 aliphatic rings. The summed E-state index contributed by atoms with van der Waals surface area (Å²) in [6.07, 6.45) is 0. The molecule has 0 saturated carbocycles. The Morgan fingerprint density at radius 1 is 1.26 bits per heavy atom. The minimum Gasteiger partial charge on any atom is -0.377 e. The maximum Gasteiger partial charge on any atom is 0.319 e. The zero-order chi connectivity index (χ0) is 22.0. The van der Waals surface area contributed by atoms with E-state index in [9.17, 15) is 17.6 Å². The first-order chi connectivity index (χ1) is 14.9. The number of alkyl halides is 1. The summed E-state index contributed by atoms with van der Waals surface area (Å²) in [6.45, 7) is 3.05. The molecule has 0 spiro atoms. The molecule has 3 heterocycles. The van der Waals surface area contributed by atoms with Crippen molar-refractivity contribution in [3.05, 3.63) is 35.5 Å². The number of benzene rings is 1. The summed E-state index contributed by atoms with van der Waals surface area (Å²) in [5, 5.41) is 5.01. The number of morpholine rings is 1. The van der Waals surface area contributed by atoms with Crippen molar-refractivity contribution in [2.45, 2.75) is 24.5 Å². The highest BCUT2D eigenvalue weighted by Crippen LogP contribution is 2.34. The van der Waals surface area contributed by atoms with Gasteiger partial charge >= 0.3 is 6.03 Å². The van der Waals surface area contributed by atoms with Crippen molar-refractivity contribution in [3.8, 4) is 11.4 Å². The van der Waals surface area contributed by atoms with Gasteiger partial charge in [-0.15, -0.1) is 0 Å². The minimum absolute atomic E-state index is 0.0567. The molecule has 2 amide bonds. The zero-order valence-corrected chi connectivity index (χ0v) is 17.9. The van der Waals surface area contributed by atoms with E-state index >= 15 is 0 Å². The van der Waals surface area contributed by atoms with Gasteiger partial charge in [-0.25, -0.2) is 27.6 Å². The third-order valence-corrected chi connectivity index (χ3v) is 6.65. The standard InChI is InChI=1S/C20H24FN5O4S/c1-13-10-30-9-8-26(13)19-16-11-31(28,29)12-17(16)24-18(25-19)14-2-4-15(5-3-14)23-20(27)22-7-6-21/h2-5,13H,6-12H2,1H3,(H2,22,23,27)/t13-/m0/s1. The lowest BCUT2D eigenvalue weighted by molar-refractivity contribution is 0.0984. The first-order valence-corrected chi connectivity index (χ1v) is 11.8. The number of urea groups is 1. The molecule has 0 aliphatic carbocycles. The Hall–Kier alpha value is -2.79. The van der Waals surface area contributed by atoms with Crippen LogP contribution in [0.2, 0.25) is 0 Å². The minimum atomic E-state index is -3.25. The number of hydrogen-bond donors (Lipinski definition) is 2. The number of ether oxygens (including phenoxy) is 1. The highest BCUT2D eigenvalue weighted by Gasteiger charge is 2.34.